The molecule has 0 aliphatic heterocycles. The van der Waals surface area contributed by atoms with Gasteiger partial charge in [0.2, 0.25) is 11.8 Å². The number of rotatable bonds is 7. The third-order valence-corrected chi connectivity index (χ3v) is 4.09. The molecule has 0 heterocycles. The van der Waals surface area contributed by atoms with Gasteiger partial charge in [-0.25, -0.2) is 0 Å². The molecule has 0 aromatic heterocycles. The van der Waals surface area contributed by atoms with E-state index in [0.717, 1.165) is 5.56 Å². The van der Waals surface area contributed by atoms with Crippen LogP contribution >= 0.6 is 11.6 Å². The molecule has 1 N–H and O–H groups in total. The zero-order chi connectivity index (χ0) is 19.1. The second kappa shape index (κ2) is 8.96. The third kappa shape index (κ3) is 5.56. The lowest BCUT2D eigenvalue weighted by Crippen LogP contribution is -2.38. The number of carbonyl (C=O) groups excluding carboxylic acids is 2. The van der Waals surface area contributed by atoms with Gasteiger partial charge in [0, 0.05) is 30.7 Å². The summed E-state index contributed by atoms with van der Waals surface area (Å²) >= 11 is 6.04. The Morgan fingerprint density at radius 3 is 2.54 bits per heavy atom. The van der Waals surface area contributed by atoms with Crippen molar-refractivity contribution in [1.29, 1.82) is 0 Å². The summed E-state index contributed by atoms with van der Waals surface area (Å²) in [7, 11) is 1.54. The highest BCUT2D eigenvalue weighted by Gasteiger charge is 2.15. The second-order valence-corrected chi connectivity index (χ2v) is 6.13. The summed E-state index contributed by atoms with van der Waals surface area (Å²) in [5.74, 6) is -0.583. The fourth-order valence-corrected chi connectivity index (χ4v) is 2.47. The minimum atomic E-state index is -0.522. The van der Waals surface area contributed by atoms with E-state index in [1.807, 2.05) is 30.3 Å². The van der Waals surface area contributed by atoms with Gasteiger partial charge in [-0.2, -0.15) is 0 Å². The van der Waals surface area contributed by atoms with Crippen molar-refractivity contribution in [2.24, 2.45) is 0 Å². The summed E-state index contributed by atoms with van der Waals surface area (Å²) in [5, 5.41) is 13.8. The molecule has 8 heteroatoms. The van der Waals surface area contributed by atoms with Crippen LogP contribution in [0.1, 0.15) is 11.1 Å². The fourth-order valence-electron chi connectivity index (χ4n) is 2.29. The molecule has 26 heavy (non-hydrogen) atoms. The molecule has 0 saturated heterocycles. The molecule has 2 aromatic carbocycles. The van der Waals surface area contributed by atoms with Gasteiger partial charge in [-0.15, -0.1) is 0 Å². The summed E-state index contributed by atoms with van der Waals surface area (Å²) in [6.45, 7) is -0.0530. The molecule has 2 amide bonds. The Hall–Kier alpha value is -2.93. The van der Waals surface area contributed by atoms with Gasteiger partial charge >= 0.3 is 0 Å². The maximum atomic E-state index is 12.2. The number of nitrogens with one attached hydrogen (secondary N) is 1. The first-order chi connectivity index (χ1) is 12.4. The Morgan fingerprint density at radius 1 is 1.19 bits per heavy atom. The molecule has 0 atom stereocenters. The number of amides is 2. The summed E-state index contributed by atoms with van der Waals surface area (Å²) in [6, 6.07) is 13.3. The first-order valence-electron chi connectivity index (χ1n) is 7.84. The van der Waals surface area contributed by atoms with Crippen molar-refractivity contribution in [3.63, 3.8) is 0 Å². The van der Waals surface area contributed by atoms with Crippen LogP contribution in [0.4, 0.5) is 5.69 Å². The van der Waals surface area contributed by atoms with E-state index in [1.54, 1.807) is 7.05 Å². The number of likely N-dealkylation sites (N-methyl/N-ethyl adjacent to an activating group) is 1. The molecule has 2 aromatic rings. The number of nitro benzene ring substituents is 1. The van der Waals surface area contributed by atoms with Crippen molar-refractivity contribution in [1.82, 2.24) is 10.2 Å². The van der Waals surface area contributed by atoms with Gasteiger partial charge in [0.05, 0.1) is 17.9 Å². The van der Waals surface area contributed by atoms with Crippen LogP contribution in [-0.4, -0.2) is 35.2 Å². The molecule has 7 nitrogen and oxygen atoms in total. The predicted octanol–water partition coefficient (Wildman–Crippen LogP) is 2.57. The van der Waals surface area contributed by atoms with Gasteiger partial charge in [-0.1, -0.05) is 41.9 Å². The highest BCUT2D eigenvalue weighted by atomic mass is 35.5. The van der Waals surface area contributed by atoms with E-state index < -0.39 is 4.92 Å². The highest BCUT2D eigenvalue weighted by Crippen LogP contribution is 2.23. The molecule has 0 bridgehead atoms. The van der Waals surface area contributed by atoms with E-state index in [1.165, 1.54) is 23.1 Å². The van der Waals surface area contributed by atoms with Crippen LogP contribution in [0.25, 0.3) is 0 Å². The van der Waals surface area contributed by atoms with Crippen molar-refractivity contribution in [3.8, 4) is 0 Å². The molecular formula is C18H18ClN3O4. The van der Waals surface area contributed by atoms with E-state index in [9.17, 15) is 19.7 Å². The number of carbonyl (C=O) groups is 2. The van der Waals surface area contributed by atoms with Crippen LogP contribution < -0.4 is 5.32 Å². The van der Waals surface area contributed by atoms with Crippen molar-refractivity contribution in [3.05, 3.63) is 74.8 Å². The van der Waals surface area contributed by atoms with Crippen LogP contribution in [0.5, 0.6) is 0 Å². The largest absolute Gasteiger partial charge is 0.347 e. The molecule has 0 fully saturated rings. The lowest BCUT2D eigenvalue weighted by molar-refractivity contribution is -0.384. The quantitative estimate of drug-likeness (QED) is 0.594. The van der Waals surface area contributed by atoms with Gasteiger partial charge in [0.15, 0.2) is 0 Å². The van der Waals surface area contributed by atoms with Crippen LogP contribution in [0, 0.1) is 10.1 Å². The standard InChI is InChI=1S/C18H18ClN3O4/c1-21(12-14-10-15(22(25)26)7-8-16(14)19)18(24)11-20-17(23)9-13-5-3-2-4-6-13/h2-8,10H,9,11-12H2,1H3,(H,20,23). The van der Waals surface area contributed by atoms with Crippen molar-refractivity contribution in [2.75, 3.05) is 13.6 Å². The third-order valence-electron chi connectivity index (χ3n) is 3.72. The number of benzene rings is 2. The predicted molar refractivity (Wildman–Crippen MR) is 97.7 cm³/mol. The van der Waals surface area contributed by atoms with Crippen molar-refractivity contribution in [2.45, 2.75) is 13.0 Å². The Balaban J connectivity index is 1.88. The molecule has 2 rings (SSSR count). The Morgan fingerprint density at radius 2 is 1.88 bits per heavy atom. The van der Waals surface area contributed by atoms with Crippen LogP contribution in [0.3, 0.4) is 0 Å². The number of hydrogen-bond acceptors (Lipinski definition) is 4. The minimum absolute atomic E-state index is 0.0959. The van der Waals surface area contributed by atoms with Crippen LogP contribution in [0.15, 0.2) is 48.5 Å². The number of hydrogen-bond donors (Lipinski definition) is 1. The van der Waals surface area contributed by atoms with Crippen molar-refractivity contribution >= 4 is 29.1 Å². The van der Waals surface area contributed by atoms with Gasteiger partial charge < -0.3 is 10.2 Å². The zero-order valence-corrected chi connectivity index (χ0v) is 14.9. The lowest BCUT2D eigenvalue weighted by Gasteiger charge is -2.18. The Bertz CT molecular complexity index is 811. The SMILES string of the molecule is CN(Cc1cc([N+](=O)[O-])ccc1Cl)C(=O)CNC(=O)Cc1ccccc1. The van der Waals surface area contributed by atoms with Gasteiger partial charge in [0.25, 0.3) is 5.69 Å². The number of nitro groups is 1. The minimum Gasteiger partial charge on any atom is -0.347 e. The first kappa shape index (κ1) is 19.4. The molecule has 0 spiro atoms. The molecule has 136 valence electrons. The summed E-state index contributed by atoms with van der Waals surface area (Å²) in [4.78, 5) is 35.7. The monoisotopic (exact) mass is 375 g/mol. The normalized spacial score (nSPS) is 10.2. The maximum absolute atomic E-state index is 12.2. The fraction of sp³-hybridized carbons (Fsp3) is 0.222. The van der Waals surface area contributed by atoms with Gasteiger partial charge in [-0.3, -0.25) is 19.7 Å². The number of nitrogens with zero attached hydrogens (tertiary/aromatic N) is 2. The molecule has 0 aliphatic carbocycles. The van der Waals surface area contributed by atoms with E-state index in [0.29, 0.717) is 10.6 Å². The lowest BCUT2D eigenvalue weighted by atomic mass is 10.1. The average Bonchev–Trinajstić information content (AvgIpc) is 2.62. The summed E-state index contributed by atoms with van der Waals surface area (Å²) < 4.78 is 0. The Kier molecular flexibility index (Phi) is 6.68. The molecule has 0 radical (unpaired) electrons. The average molecular weight is 376 g/mol. The number of halogens is 1. The smallest absolute Gasteiger partial charge is 0.269 e. The van der Waals surface area contributed by atoms with E-state index in [-0.39, 0.29) is 37.0 Å². The summed E-state index contributed by atoms with van der Waals surface area (Å²) in [5.41, 5.74) is 1.22. The summed E-state index contributed by atoms with van der Waals surface area (Å²) in [6.07, 6.45) is 0.189. The van der Waals surface area contributed by atoms with E-state index in [4.69, 9.17) is 11.6 Å². The maximum Gasteiger partial charge on any atom is 0.269 e. The van der Waals surface area contributed by atoms with Crippen LogP contribution in [-0.2, 0) is 22.6 Å². The van der Waals surface area contributed by atoms with Gasteiger partial charge in [0.1, 0.15) is 0 Å². The van der Waals surface area contributed by atoms with E-state index in [2.05, 4.69) is 5.32 Å². The highest BCUT2D eigenvalue weighted by molar-refractivity contribution is 6.31. The van der Waals surface area contributed by atoms with Gasteiger partial charge in [-0.05, 0) is 17.2 Å². The molecule has 0 saturated carbocycles. The molecule has 0 aliphatic rings. The second-order valence-electron chi connectivity index (χ2n) is 5.72. The van der Waals surface area contributed by atoms with Crippen molar-refractivity contribution < 1.29 is 14.5 Å². The Labute approximate surface area is 155 Å². The zero-order valence-electron chi connectivity index (χ0n) is 14.1. The van der Waals surface area contributed by atoms with E-state index >= 15 is 0 Å². The molecule has 0 unspecified atom stereocenters. The first-order valence-corrected chi connectivity index (χ1v) is 8.22. The topological polar surface area (TPSA) is 92.5 Å². The molecular weight excluding hydrogens is 358 g/mol. The number of non-ortho nitro benzene ring substituents is 1. The van der Waals surface area contributed by atoms with Crippen LogP contribution in [0.2, 0.25) is 5.02 Å².